The van der Waals surface area contributed by atoms with E-state index in [1.165, 1.54) is 5.56 Å². The van der Waals surface area contributed by atoms with Crippen molar-refractivity contribution in [1.82, 2.24) is 9.78 Å². The van der Waals surface area contributed by atoms with Crippen LogP contribution in [0, 0.1) is 6.92 Å². The van der Waals surface area contributed by atoms with E-state index in [0.717, 1.165) is 17.7 Å². The summed E-state index contributed by atoms with van der Waals surface area (Å²) in [4.78, 5) is 12.7. The Morgan fingerprint density at radius 3 is 2.44 bits per heavy atom. The van der Waals surface area contributed by atoms with Crippen LogP contribution in [0.15, 0.2) is 54.6 Å². The molecule has 5 heteroatoms. The number of halogens is 1. The molecule has 1 amide bonds. The summed E-state index contributed by atoms with van der Waals surface area (Å²) in [5.74, 6) is 0.260. The molecule has 1 N–H and O–H groups in total. The molecule has 1 heterocycles. The summed E-state index contributed by atoms with van der Waals surface area (Å²) >= 11 is 6.47. The predicted octanol–water partition coefficient (Wildman–Crippen LogP) is 5.66. The first-order chi connectivity index (χ1) is 13.0. The number of benzene rings is 2. The maximum absolute atomic E-state index is 12.7. The van der Waals surface area contributed by atoms with Crippen LogP contribution >= 0.6 is 11.6 Å². The van der Waals surface area contributed by atoms with Crippen molar-refractivity contribution in [1.29, 1.82) is 0 Å². The van der Waals surface area contributed by atoms with E-state index in [9.17, 15) is 4.79 Å². The Bertz CT molecular complexity index is 917. The molecule has 3 rings (SSSR count). The maximum atomic E-state index is 12.7. The summed E-state index contributed by atoms with van der Waals surface area (Å²) in [5.41, 5.74) is 4.12. The van der Waals surface area contributed by atoms with Gasteiger partial charge in [0.25, 0.3) is 5.91 Å². The molecule has 2 aromatic carbocycles. The van der Waals surface area contributed by atoms with Crippen molar-refractivity contribution < 1.29 is 4.79 Å². The fraction of sp³-hybridized carbons (Fsp3) is 0.273. The first-order valence-corrected chi connectivity index (χ1v) is 9.55. The van der Waals surface area contributed by atoms with Gasteiger partial charge in [0.05, 0.1) is 17.8 Å². The fourth-order valence-corrected chi connectivity index (χ4v) is 3.32. The number of aromatic nitrogens is 2. The molecule has 0 saturated heterocycles. The summed E-state index contributed by atoms with van der Waals surface area (Å²) in [5, 5.41) is 7.72. The topological polar surface area (TPSA) is 46.9 Å². The molecule has 140 valence electrons. The molecule has 0 saturated carbocycles. The van der Waals surface area contributed by atoms with Gasteiger partial charge < -0.3 is 5.32 Å². The van der Waals surface area contributed by atoms with E-state index >= 15 is 0 Å². The zero-order valence-corrected chi connectivity index (χ0v) is 16.6. The minimum absolute atomic E-state index is 0.242. The third kappa shape index (κ3) is 4.40. The number of nitrogens with one attached hydrogen (secondary N) is 1. The molecule has 0 aliphatic carbocycles. The molecule has 3 aromatic rings. The highest BCUT2D eigenvalue weighted by Crippen LogP contribution is 2.24. The number of hydrogen-bond donors (Lipinski definition) is 1. The molecule has 1 aromatic heterocycles. The van der Waals surface area contributed by atoms with Crippen LogP contribution in [0.4, 0.5) is 5.69 Å². The highest BCUT2D eigenvalue weighted by molar-refractivity contribution is 6.33. The Kier molecular flexibility index (Phi) is 5.97. The second kappa shape index (κ2) is 8.40. The van der Waals surface area contributed by atoms with E-state index in [0.29, 0.717) is 28.9 Å². The van der Waals surface area contributed by atoms with Crippen LogP contribution in [0.5, 0.6) is 0 Å². The Balaban J connectivity index is 1.77. The molecule has 0 radical (unpaired) electrons. The third-order valence-corrected chi connectivity index (χ3v) is 5.20. The van der Waals surface area contributed by atoms with Crippen molar-refractivity contribution >= 4 is 23.2 Å². The van der Waals surface area contributed by atoms with Crippen LogP contribution in [0.25, 0.3) is 0 Å². The zero-order valence-electron chi connectivity index (χ0n) is 15.9. The summed E-state index contributed by atoms with van der Waals surface area (Å²) < 4.78 is 1.66. The van der Waals surface area contributed by atoms with Crippen LogP contribution in [0.2, 0.25) is 5.15 Å². The Labute approximate surface area is 165 Å². The Morgan fingerprint density at radius 1 is 1.15 bits per heavy atom. The third-order valence-electron chi connectivity index (χ3n) is 4.82. The molecule has 4 nitrogen and oxygen atoms in total. The van der Waals surface area contributed by atoms with Crippen LogP contribution < -0.4 is 5.32 Å². The monoisotopic (exact) mass is 381 g/mol. The minimum atomic E-state index is -0.242. The molecule has 0 aliphatic heterocycles. The van der Waals surface area contributed by atoms with E-state index < -0.39 is 0 Å². The Morgan fingerprint density at radius 2 is 1.81 bits per heavy atom. The van der Waals surface area contributed by atoms with Gasteiger partial charge in [-0.15, -0.1) is 0 Å². The van der Waals surface area contributed by atoms with Crippen LogP contribution in [0.1, 0.15) is 53.4 Å². The number of rotatable bonds is 6. The molecule has 0 fully saturated rings. The number of aryl methyl sites for hydroxylation is 1. The maximum Gasteiger partial charge on any atom is 0.260 e. The quantitative estimate of drug-likeness (QED) is 0.598. The van der Waals surface area contributed by atoms with E-state index in [1.807, 2.05) is 42.5 Å². The number of hydrogen-bond acceptors (Lipinski definition) is 2. The summed E-state index contributed by atoms with van der Waals surface area (Å²) in [6.45, 7) is 6.68. The largest absolute Gasteiger partial charge is 0.322 e. The van der Waals surface area contributed by atoms with Crippen molar-refractivity contribution in [2.75, 3.05) is 5.32 Å². The van der Waals surface area contributed by atoms with Gasteiger partial charge in [0.1, 0.15) is 5.15 Å². The lowest BCUT2D eigenvalue weighted by molar-refractivity contribution is 0.102. The molecule has 0 spiro atoms. The molecule has 0 unspecified atom stereocenters. The van der Waals surface area contributed by atoms with Crippen molar-refractivity contribution in [2.45, 2.75) is 39.7 Å². The highest BCUT2D eigenvalue weighted by Gasteiger charge is 2.20. The highest BCUT2D eigenvalue weighted by atomic mass is 35.5. The van der Waals surface area contributed by atoms with Crippen LogP contribution in [-0.4, -0.2) is 15.7 Å². The van der Waals surface area contributed by atoms with Crippen LogP contribution in [0.3, 0.4) is 0 Å². The molecule has 27 heavy (non-hydrogen) atoms. The van der Waals surface area contributed by atoms with Gasteiger partial charge in [-0.05, 0) is 42.5 Å². The summed E-state index contributed by atoms with van der Waals surface area (Å²) in [6, 6.07) is 17.9. The van der Waals surface area contributed by atoms with E-state index in [4.69, 9.17) is 11.6 Å². The second-order valence-corrected chi connectivity index (χ2v) is 7.14. The van der Waals surface area contributed by atoms with E-state index in [2.05, 4.69) is 36.4 Å². The summed E-state index contributed by atoms with van der Waals surface area (Å²) in [7, 11) is 0. The molecule has 0 aliphatic rings. The Hall–Kier alpha value is -2.59. The van der Waals surface area contributed by atoms with Crippen molar-refractivity contribution in [3.63, 3.8) is 0 Å². The zero-order chi connectivity index (χ0) is 19.4. The normalized spacial score (nSPS) is 12.0. The minimum Gasteiger partial charge on any atom is -0.322 e. The number of carbonyl (C=O) groups is 1. The first kappa shape index (κ1) is 19.2. The first-order valence-electron chi connectivity index (χ1n) is 9.17. The van der Waals surface area contributed by atoms with Crippen molar-refractivity contribution in [3.8, 4) is 0 Å². The van der Waals surface area contributed by atoms with E-state index in [-0.39, 0.29) is 5.91 Å². The molecule has 0 bridgehead atoms. The number of amides is 1. The van der Waals surface area contributed by atoms with Crippen molar-refractivity contribution in [3.05, 3.63) is 82.1 Å². The smallest absolute Gasteiger partial charge is 0.260 e. The average molecular weight is 382 g/mol. The predicted molar refractivity (Wildman–Crippen MR) is 111 cm³/mol. The number of nitrogens with zero attached hydrogens (tertiary/aromatic N) is 2. The van der Waals surface area contributed by atoms with Crippen LogP contribution in [-0.2, 0) is 6.54 Å². The number of carbonyl (C=O) groups excluding carboxylic acids is 1. The fourth-order valence-electron chi connectivity index (χ4n) is 3.00. The lowest BCUT2D eigenvalue weighted by atomic mass is 9.98. The summed E-state index contributed by atoms with van der Waals surface area (Å²) in [6.07, 6.45) is 1.08. The van der Waals surface area contributed by atoms with Gasteiger partial charge in [0.15, 0.2) is 0 Å². The van der Waals surface area contributed by atoms with Gasteiger partial charge >= 0.3 is 0 Å². The van der Waals surface area contributed by atoms with Gasteiger partial charge in [-0.1, -0.05) is 67.9 Å². The lowest BCUT2D eigenvalue weighted by Gasteiger charge is -2.10. The molecular formula is C22H24ClN3O. The molecular weight excluding hydrogens is 358 g/mol. The van der Waals surface area contributed by atoms with Gasteiger partial charge in [0, 0.05) is 5.69 Å². The lowest BCUT2D eigenvalue weighted by Crippen LogP contribution is -2.13. The number of anilines is 1. The second-order valence-electron chi connectivity index (χ2n) is 6.78. The van der Waals surface area contributed by atoms with E-state index in [1.54, 1.807) is 11.6 Å². The van der Waals surface area contributed by atoms with Gasteiger partial charge in [-0.25, -0.2) is 4.68 Å². The van der Waals surface area contributed by atoms with Crippen molar-refractivity contribution in [2.24, 2.45) is 0 Å². The van der Waals surface area contributed by atoms with Gasteiger partial charge in [-0.2, -0.15) is 5.10 Å². The molecule has 1 atom stereocenters. The van der Waals surface area contributed by atoms with Gasteiger partial charge in [0.2, 0.25) is 0 Å². The standard InChI is InChI=1S/C22H24ClN3O/c1-4-15(2)18-10-12-19(13-11-18)24-22(27)20-16(3)25-26(21(20)23)14-17-8-6-5-7-9-17/h5-13,15H,4,14H2,1-3H3,(H,24,27)/t15-/m0/s1. The SMILES string of the molecule is CC[C@H](C)c1ccc(NC(=O)c2c(C)nn(Cc3ccccc3)c2Cl)cc1. The average Bonchev–Trinajstić information content (AvgIpc) is 2.95. The van der Waals surface area contributed by atoms with Gasteiger partial charge in [-0.3, -0.25) is 4.79 Å².